The van der Waals surface area contributed by atoms with E-state index in [9.17, 15) is 4.79 Å². The summed E-state index contributed by atoms with van der Waals surface area (Å²) in [6.45, 7) is 1.88. The van der Waals surface area contributed by atoms with Crippen LogP contribution in [0.1, 0.15) is 18.4 Å². The smallest absolute Gasteiger partial charge is 0.245 e. The van der Waals surface area contributed by atoms with Gasteiger partial charge < -0.3 is 10.2 Å². The lowest BCUT2D eigenvalue weighted by atomic mass is 10.1. The summed E-state index contributed by atoms with van der Waals surface area (Å²) in [7, 11) is 0. The minimum Gasteiger partial charge on any atom is -0.373 e. The molecule has 1 fully saturated rings. The van der Waals surface area contributed by atoms with E-state index in [0.29, 0.717) is 0 Å². The zero-order valence-electron chi connectivity index (χ0n) is 9.28. The van der Waals surface area contributed by atoms with Crippen LogP contribution in [0.15, 0.2) is 24.3 Å². The number of amides is 1. The van der Waals surface area contributed by atoms with Gasteiger partial charge in [-0.2, -0.15) is 0 Å². The molecule has 1 aromatic carbocycles. The van der Waals surface area contributed by atoms with Crippen molar-refractivity contribution in [3.63, 3.8) is 0 Å². The highest BCUT2D eigenvalue weighted by Gasteiger charge is 2.30. The van der Waals surface area contributed by atoms with Crippen molar-refractivity contribution in [2.45, 2.75) is 25.3 Å². The molecule has 3 rings (SSSR count). The second kappa shape index (κ2) is 3.81. The van der Waals surface area contributed by atoms with Crippen LogP contribution in [0.5, 0.6) is 0 Å². The van der Waals surface area contributed by atoms with Crippen molar-refractivity contribution in [3.05, 3.63) is 29.8 Å². The molecule has 84 valence electrons. The molecule has 0 spiro atoms. The molecule has 0 bridgehead atoms. The molecule has 2 heterocycles. The molecule has 0 unspecified atom stereocenters. The van der Waals surface area contributed by atoms with Crippen LogP contribution in [-0.4, -0.2) is 29.9 Å². The fraction of sp³-hybridized carbons (Fsp3) is 0.462. The number of anilines is 1. The molecule has 1 aromatic rings. The first-order chi connectivity index (χ1) is 7.84. The maximum atomic E-state index is 12.2. The predicted octanol–water partition coefficient (Wildman–Crippen LogP) is 1.65. The summed E-state index contributed by atoms with van der Waals surface area (Å²) in [5.74, 6) is 0.272. The monoisotopic (exact) mass is 216 g/mol. The molecule has 1 atom stereocenters. The van der Waals surface area contributed by atoms with Gasteiger partial charge in [-0.3, -0.25) is 4.79 Å². The highest BCUT2D eigenvalue weighted by Crippen LogP contribution is 2.26. The predicted molar refractivity (Wildman–Crippen MR) is 63.4 cm³/mol. The van der Waals surface area contributed by atoms with E-state index in [1.807, 2.05) is 23.1 Å². The quantitative estimate of drug-likeness (QED) is 0.774. The number of hydrogen-bond donors (Lipinski definition) is 1. The normalized spacial score (nSPS) is 23.0. The van der Waals surface area contributed by atoms with Gasteiger partial charge in [0, 0.05) is 25.2 Å². The standard InChI is InChI=1S/C13H16N2O/c16-13(15-7-3-4-8-15)12-9-10-5-1-2-6-11(10)14-12/h1-2,5-6,12,14H,3-4,7-9H2/t12-/m1/s1. The first kappa shape index (κ1) is 9.70. The number of carbonyl (C=O) groups excluding carboxylic acids is 1. The van der Waals surface area contributed by atoms with Gasteiger partial charge in [-0.25, -0.2) is 0 Å². The van der Waals surface area contributed by atoms with Gasteiger partial charge in [0.15, 0.2) is 0 Å². The number of nitrogens with zero attached hydrogens (tertiary/aromatic N) is 1. The zero-order chi connectivity index (χ0) is 11.0. The highest BCUT2D eigenvalue weighted by atomic mass is 16.2. The van der Waals surface area contributed by atoms with Gasteiger partial charge in [0.05, 0.1) is 0 Å². The van der Waals surface area contributed by atoms with E-state index in [1.165, 1.54) is 5.56 Å². The van der Waals surface area contributed by atoms with Crippen molar-refractivity contribution in [1.29, 1.82) is 0 Å². The van der Waals surface area contributed by atoms with Crippen LogP contribution in [0.25, 0.3) is 0 Å². The lowest BCUT2D eigenvalue weighted by Gasteiger charge is -2.20. The summed E-state index contributed by atoms with van der Waals surface area (Å²) in [6, 6.07) is 8.15. The van der Waals surface area contributed by atoms with Crippen LogP contribution in [-0.2, 0) is 11.2 Å². The van der Waals surface area contributed by atoms with Crippen molar-refractivity contribution in [2.24, 2.45) is 0 Å². The molecule has 3 nitrogen and oxygen atoms in total. The van der Waals surface area contributed by atoms with Crippen LogP contribution in [0.3, 0.4) is 0 Å². The second-order valence-electron chi connectivity index (χ2n) is 4.59. The lowest BCUT2D eigenvalue weighted by molar-refractivity contribution is -0.130. The van der Waals surface area contributed by atoms with Gasteiger partial charge in [0.2, 0.25) is 5.91 Å². The highest BCUT2D eigenvalue weighted by molar-refractivity contribution is 5.87. The fourth-order valence-corrected chi connectivity index (χ4v) is 2.60. The Morgan fingerprint density at radius 3 is 2.75 bits per heavy atom. The van der Waals surface area contributed by atoms with Crippen molar-refractivity contribution in [3.8, 4) is 0 Å². The Hall–Kier alpha value is -1.51. The molecular weight excluding hydrogens is 200 g/mol. The molecule has 0 aromatic heterocycles. The Bertz CT molecular complexity index is 385. The summed E-state index contributed by atoms with van der Waals surface area (Å²) in [5.41, 5.74) is 2.39. The van der Waals surface area contributed by atoms with Crippen molar-refractivity contribution >= 4 is 11.6 Å². The Labute approximate surface area is 95.4 Å². The fourth-order valence-electron chi connectivity index (χ4n) is 2.60. The summed E-state index contributed by atoms with van der Waals surface area (Å²) < 4.78 is 0. The molecule has 1 N–H and O–H groups in total. The Balaban J connectivity index is 1.73. The molecule has 0 saturated carbocycles. The third kappa shape index (κ3) is 1.56. The molecule has 1 saturated heterocycles. The van der Waals surface area contributed by atoms with E-state index in [1.54, 1.807) is 0 Å². The van der Waals surface area contributed by atoms with Crippen LogP contribution in [0.2, 0.25) is 0 Å². The number of fused-ring (bicyclic) bond motifs is 1. The summed E-state index contributed by atoms with van der Waals surface area (Å²) in [5, 5.41) is 3.32. The van der Waals surface area contributed by atoms with E-state index < -0.39 is 0 Å². The summed E-state index contributed by atoms with van der Waals surface area (Å²) in [6.07, 6.45) is 3.16. The SMILES string of the molecule is O=C([C@H]1Cc2ccccc2N1)N1CCCC1. The van der Waals surface area contributed by atoms with Gasteiger partial charge in [-0.15, -0.1) is 0 Å². The Morgan fingerprint density at radius 1 is 1.25 bits per heavy atom. The zero-order valence-corrected chi connectivity index (χ0v) is 9.28. The summed E-state index contributed by atoms with van der Waals surface area (Å²) >= 11 is 0. The molecule has 0 radical (unpaired) electrons. The van der Waals surface area contributed by atoms with Crippen molar-refractivity contribution in [1.82, 2.24) is 4.90 Å². The maximum Gasteiger partial charge on any atom is 0.245 e. The molecule has 16 heavy (non-hydrogen) atoms. The van der Waals surface area contributed by atoms with E-state index in [0.717, 1.165) is 38.0 Å². The third-order valence-electron chi connectivity index (χ3n) is 3.49. The molecule has 3 heteroatoms. The lowest BCUT2D eigenvalue weighted by Crippen LogP contribution is -2.40. The maximum absolute atomic E-state index is 12.2. The van der Waals surface area contributed by atoms with Crippen LogP contribution in [0.4, 0.5) is 5.69 Å². The van der Waals surface area contributed by atoms with E-state index >= 15 is 0 Å². The van der Waals surface area contributed by atoms with Gasteiger partial charge in [0.25, 0.3) is 0 Å². The minimum absolute atomic E-state index is 0.0319. The average Bonchev–Trinajstić information content (AvgIpc) is 2.97. The van der Waals surface area contributed by atoms with E-state index in [-0.39, 0.29) is 11.9 Å². The molecular formula is C13H16N2O. The number of hydrogen-bond acceptors (Lipinski definition) is 2. The van der Waals surface area contributed by atoms with Gasteiger partial charge in [0.1, 0.15) is 6.04 Å². The largest absolute Gasteiger partial charge is 0.373 e. The van der Waals surface area contributed by atoms with Gasteiger partial charge >= 0.3 is 0 Å². The van der Waals surface area contributed by atoms with Crippen LogP contribution >= 0.6 is 0 Å². The van der Waals surface area contributed by atoms with E-state index in [4.69, 9.17) is 0 Å². The minimum atomic E-state index is -0.0319. The molecule has 2 aliphatic heterocycles. The number of likely N-dealkylation sites (tertiary alicyclic amines) is 1. The number of benzene rings is 1. The van der Waals surface area contributed by atoms with Crippen molar-refractivity contribution < 1.29 is 4.79 Å². The number of para-hydroxylation sites is 1. The van der Waals surface area contributed by atoms with Gasteiger partial charge in [-0.05, 0) is 24.5 Å². The van der Waals surface area contributed by atoms with E-state index in [2.05, 4.69) is 11.4 Å². The summed E-state index contributed by atoms with van der Waals surface area (Å²) in [4.78, 5) is 14.2. The van der Waals surface area contributed by atoms with Crippen LogP contribution < -0.4 is 5.32 Å². The van der Waals surface area contributed by atoms with Crippen LogP contribution in [0, 0.1) is 0 Å². The average molecular weight is 216 g/mol. The molecule has 2 aliphatic rings. The molecule has 0 aliphatic carbocycles. The second-order valence-corrected chi connectivity index (χ2v) is 4.59. The Morgan fingerprint density at radius 2 is 2.00 bits per heavy atom. The molecule has 1 amide bonds. The topological polar surface area (TPSA) is 32.3 Å². The van der Waals surface area contributed by atoms with Gasteiger partial charge in [-0.1, -0.05) is 18.2 Å². The third-order valence-corrected chi connectivity index (χ3v) is 3.49. The first-order valence-corrected chi connectivity index (χ1v) is 5.98. The first-order valence-electron chi connectivity index (χ1n) is 5.98. The number of carbonyl (C=O) groups is 1. The number of nitrogens with one attached hydrogen (secondary N) is 1. The van der Waals surface area contributed by atoms with Crippen molar-refractivity contribution in [2.75, 3.05) is 18.4 Å². The number of rotatable bonds is 1. The Kier molecular flexibility index (Phi) is 2.31.